The summed E-state index contributed by atoms with van der Waals surface area (Å²) in [5, 5.41) is 9.16. The Balaban J connectivity index is 1.63. The van der Waals surface area contributed by atoms with E-state index in [0.29, 0.717) is 18.6 Å². The zero-order chi connectivity index (χ0) is 25.2. The van der Waals surface area contributed by atoms with Gasteiger partial charge >= 0.3 is 6.18 Å². The molecule has 2 aliphatic rings. The molecule has 12 heteroatoms. The molecule has 0 bridgehead atoms. The molecule has 0 saturated carbocycles. The summed E-state index contributed by atoms with van der Waals surface area (Å²) in [7, 11) is -4.03. The molecule has 0 aromatic heterocycles. The highest BCUT2D eigenvalue weighted by molar-refractivity contribution is 7.91. The summed E-state index contributed by atoms with van der Waals surface area (Å²) < 4.78 is 75.9. The maximum absolute atomic E-state index is 13.4. The molecule has 2 N–H and O–H groups in total. The first-order chi connectivity index (χ1) is 15.8. The Morgan fingerprint density at radius 1 is 1.18 bits per heavy atom. The van der Waals surface area contributed by atoms with Gasteiger partial charge in [-0.15, -0.1) is 0 Å². The van der Waals surface area contributed by atoms with Crippen LogP contribution in [0.3, 0.4) is 0 Å². The smallest absolute Gasteiger partial charge is 0.397 e. The van der Waals surface area contributed by atoms with Crippen molar-refractivity contribution < 1.29 is 41.1 Å². The fraction of sp³-hybridized carbons (Fsp3) is 0.682. The van der Waals surface area contributed by atoms with Gasteiger partial charge in [-0.3, -0.25) is 10.0 Å². The molecule has 3 rings (SSSR count). The molecule has 2 fully saturated rings. The topological polar surface area (TPSA) is 105 Å². The lowest BCUT2D eigenvalue weighted by Gasteiger charge is -2.40. The van der Waals surface area contributed by atoms with Gasteiger partial charge in [0.25, 0.3) is 5.91 Å². The summed E-state index contributed by atoms with van der Waals surface area (Å²) in [6, 6.07) is 6.80. The van der Waals surface area contributed by atoms with Gasteiger partial charge < -0.3 is 9.47 Å². The fourth-order valence-electron chi connectivity index (χ4n) is 4.26. The quantitative estimate of drug-likeness (QED) is 0.433. The number of hydrogen-bond donors (Lipinski definition) is 2. The summed E-state index contributed by atoms with van der Waals surface area (Å²) in [6.07, 6.45) is -3.40. The molecule has 2 aliphatic heterocycles. The van der Waals surface area contributed by atoms with Crippen molar-refractivity contribution in [2.45, 2.75) is 56.4 Å². The summed E-state index contributed by atoms with van der Waals surface area (Å²) in [5.74, 6) is -0.552. The number of piperidine rings is 1. The second-order valence-corrected chi connectivity index (χ2v) is 11.7. The average molecular weight is 509 g/mol. The van der Waals surface area contributed by atoms with Crippen molar-refractivity contribution in [3.8, 4) is 5.75 Å². The van der Waals surface area contributed by atoms with Gasteiger partial charge in [0.2, 0.25) is 10.0 Å². The number of nitrogens with zero attached hydrogens (tertiary/aromatic N) is 1. The van der Waals surface area contributed by atoms with Crippen LogP contribution in [0.4, 0.5) is 13.2 Å². The molecule has 0 atom stereocenters. The molecule has 0 aliphatic carbocycles. The van der Waals surface area contributed by atoms with Gasteiger partial charge in [-0.25, -0.2) is 18.2 Å². The van der Waals surface area contributed by atoms with Gasteiger partial charge in [0.1, 0.15) is 12.4 Å². The molecule has 0 spiro atoms. The first kappa shape index (κ1) is 26.7. The van der Waals surface area contributed by atoms with Crippen LogP contribution < -0.4 is 10.2 Å². The molecule has 192 valence electrons. The number of ether oxygens (including phenoxy) is 2. The summed E-state index contributed by atoms with van der Waals surface area (Å²) in [4.78, 5) is 12.4. The largest absolute Gasteiger partial charge is 0.493 e. The van der Waals surface area contributed by atoms with Crippen molar-refractivity contribution in [1.29, 1.82) is 0 Å². The van der Waals surface area contributed by atoms with Crippen LogP contribution in [0, 0.1) is 5.41 Å². The van der Waals surface area contributed by atoms with Crippen molar-refractivity contribution in [1.82, 2.24) is 9.79 Å². The Hall–Kier alpha value is -1.89. The number of halogens is 3. The Morgan fingerprint density at radius 3 is 2.24 bits per heavy atom. The van der Waals surface area contributed by atoms with Crippen LogP contribution in [0.2, 0.25) is 0 Å². The van der Waals surface area contributed by atoms with Crippen molar-refractivity contribution in [2.24, 2.45) is 5.41 Å². The number of carbonyl (C=O) groups is 1. The fourth-order valence-corrected chi connectivity index (χ4v) is 6.41. The molecule has 2 saturated heterocycles. The maximum Gasteiger partial charge on any atom is 0.397 e. The summed E-state index contributed by atoms with van der Waals surface area (Å²) in [6.45, 7) is 2.31. The van der Waals surface area contributed by atoms with E-state index < -0.39 is 38.9 Å². The zero-order valence-electron chi connectivity index (χ0n) is 19.2. The van der Waals surface area contributed by atoms with E-state index >= 15 is 0 Å². The Bertz CT molecular complexity index is 952. The molecule has 0 unspecified atom stereocenters. The van der Waals surface area contributed by atoms with Gasteiger partial charge in [0, 0.05) is 39.1 Å². The van der Waals surface area contributed by atoms with E-state index in [-0.39, 0.29) is 45.1 Å². The number of benzene rings is 1. The third-order valence-corrected chi connectivity index (χ3v) is 9.45. The minimum absolute atomic E-state index is 0.0335. The third-order valence-electron chi connectivity index (χ3n) is 6.82. The van der Waals surface area contributed by atoms with Crippen LogP contribution in [0.5, 0.6) is 5.75 Å². The minimum Gasteiger partial charge on any atom is -0.493 e. The maximum atomic E-state index is 13.4. The molecular weight excluding hydrogens is 477 g/mol. The van der Waals surface area contributed by atoms with E-state index in [4.69, 9.17) is 14.7 Å². The lowest BCUT2D eigenvalue weighted by atomic mass is 9.90. The highest BCUT2D eigenvalue weighted by atomic mass is 32.2. The first-order valence-electron chi connectivity index (χ1n) is 11.2. The molecular formula is C22H31F3N2O6S. The van der Waals surface area contributed by atoms with Crippen molar-refractivity contribution in [3.63, 3.8) is 0 Å². The predicted octanol–water partition coefficient (Wildman–Crippen LogP) is 3.22. The van der Waals surface area contributed by atoms with Crippen LogP contribution >= 0.6 is 0 Å². The van der Waals surface area contributed by atoms with Gasteiger partial charge in [-0.1, -0.05) is 12.1 Å². The Kier molecular flexibility index (Phi) is 7.86. The zero-order valence-corrected chi connectivity index (χ0v) is 20.0. The van der Waals surface area contributed by atoms with Crippen molar-refractivity contribution in [2.75, 3.05) is 32.9 Å². The predicted molar refractivity (Wildman–Crippen MR) is 117 cm³/mol. The number of sulfonamides is 1. The van der Waals surface area contributed by atoms with Crippen molar-refractivity contribution in [3.05, 3.63) is 29.8 Å². The molecule has 1 amide bonds. The number of rotatable bonds is 7. The summed E-state index contributed by atoms with van der Waals surface area (Å²) in [5.41, 5.74) is 0.479. The lowest BCUT2D eigenvalue weighted by molar-refractivity contribution is -0.219. The SMILES string of the molecule is CC(C)(COc1ccc(C2CCN(S(=O)(=O)C3(C(=O)NO)CCOCC3)CC2)cc1)C(F)(F)F. The number of carbonyl (C=O) groups excluding carboxylic acids is 1. The lowest BCUT2D eigenvalue weighted by Crippen LogP contribution is -2.60. The molecule has 34 heavy (non-hydrogen) atoms. The summed E-state index contributed by atoms with van der Waals surface area (Å²) >= 11 is 0. The standard InChI is InChI=1S/C22H31F3N2O6S/c1-20(2,22(23,24)25)15-33-18-5-3-16(4-6-18)17-7-11-27(12-8-17)34(30,31)21(19(28)26-29)9-13-32-14-10-21/h3-6,17,29H,7-15H2,1-2H3,(H,26,28). The molecule has 1 aromatic carbocycles. The van der Waals surface area contributed by atoms with E-state index in [0.717, 1.165) is 19.4 Å². The molecule has 8 nitrogen and oxygen atoms in total. The Morgan fingerprint density at radius 2 is 1.74 bits per heavy atom. The van der Waals surface area contributed by atoms with Crippen LogP contribution in [-0.2, 0) is 19.6 Å². The second kappa shape index (κ2) is 10.00. The van der Waals surface area contributed by atoms with Gasteiger partial charge in [0.15, 0.2) is 4.75 Å². The Labute approximate surface area is 197 Å². The molecule has 2 heterocycles. The second-order valence-electron chi connectivity index (χ2n) is 9.47. The van der Waals surface area contributed by atoms with Crippen LogP contribution in [0.15, 0.2) is 24.3 Å². The number of nitrogens with one attached hydrogen (secondary N) is 1. The average Bonchev–Trinajstić information content (AvgIpc) is 2.82. The van der Waals surface area contributed by atoms with E-state index in [2.05, 4.69) is 0 Å². The van der Waals surface area contributed by atoms with E-state index in [1.54, 1.807) is 24.3 Å². The number of amides is 1. The number of hydrogen-bond acceptors (Lipinski definition) is 6. The molecule has 0 radical (unpaired) electrons. The first-order valence-corrected chi connectivity index (χ1v) is 12.6. The van der Waals surface area contributed by atoms with Crippen molar-refractivity contribution >= 4 is 15.9 Å². The number of alkyl halides is 3. The normalized spacial score (nSPS) is 20.6. The van der Waals surface area contributed by atoms with E-state index in [9.17, 15) is 26.4 Å². The van der Waals surface area contributed by atoms with Crippen LogP contribution in [0.1, 0.15) is 51.0 Å². The van der Waals surface area contributed by atoms with Crippen LogP contribution in [-0.4, -0.2) is 67.7 Å². The van der Waals surface area contributed by atoms with Crippen LogP contribution in [0.25, 0.3) is 0 Å². The minimum atomic E-state index is -4.37. The van der Waals surface area contributed by atoms with Gasteiger partial charge in [-0.2, -0.15) is 13.2 Å². The number of hydroxylamine groups is 1. The van der Waals surface area contributed by atoms with E-state index in [1.807, 2.05) is 0 Å². The monoisotopic (exact) mass is 508 g/mol. The van der Waals surface area contributed by atoms with Gasteiger partial charge in [0.05, 0.1) is 5.41 Å². The third kappa shape index (κ3) is 5.19. The highest BCUT2D eigenvalue weighted by Crippen LogP contribution is 2.39. The van der Waals surface area contributed by atoms with Gasteiger partial charge in [-0.05, 0) is 50.3 Å². The molecule has 1 aromatic rings. The van der Waals surface area contributed by atoms with E-state index in [1.165, 1.54) is 9.79 Å². The highest BCUT2D eigenvalue weighted by Gasteiger charge is 2.54.